The zero-order valence-electron chi connectivity index (χ0n) is 20.5. The maximum atomic E-state index is 9.86. The summed E-state index contributed by atoms with van der Waals surface area (Å²) in [5, 5.41) is 9.86. The Kier molecular flexibility index (Phi) is 10.0. The number of aliphatic hydroxyl groups is 1. The van der Waals surface area contributed by atoms with Gasteiger partial charge in [-0.3, -0.25) is 0 Å². The van der Waals surface area contributed by atoms with Crippen molar-refractivity contribution in [2.24, 2.45) is 22.7 Å². The van der Waals surface area contributed by atoms with Gasteiger partial charge in [-0.2, -0.15) is 0 Å². The van der Waals surface area contributed by atoms with Gasteiger partial charge in [0.1, 0.15) is 0 Å². The molecule has 0 aromatic rings. The van der Waals surface area contributed by atoms with Crippen molar-refractivity contribution < 1.29 is 14.6 Å². The molecule has 0 rings (SSSR count). The van der Waals surface area contributed by atoms with E-state index >= 15 is 0 Å². The summed E-state index contributed by atoms with van der Waals surface area (Å²) in [7, 11) is 0. The lowest BCUT2D eigenvalue weighted by atomic mass is 9.72. The van der Waals surface area contributed by atoms with Crippen LogP contribution < -0.4 is 0 Å². The van der Waals surface area contributed by atoms with Crippen molar-refractivity contribution in [3.8, 4) is 0 Å². The van der Waals surface area contributed by atoms with Crippen LogP contribution in [0.4, 0.5) is 0 Å². The van der Waals surface area contributed by atoms with Gasteiger partial charge < -0.3 is 14.6 Å². The fraction of sp³-hybridized carbons (Fsp3) is 1.00. The van der Waals surface area contributed by atoms with Crippen LogP contribution in [0.15, 0.2) is 0 Å². The quantitative estimate of drug-likeness (QED) is 0.394. The number of hydrogen-bond donors (Lipinski definition) is 1. The lowest BCUT2D eigenvalue weighted by molar-refractivity contribution is -0.187. The topological polar surface area (TPSA) is 38.7 Å². The second kappa shape index (κ2) is 10.1. The van der Waals surface area contributed by atoms with Crippen LogP contribution in [-0.2, 0) is 9.47 Å². The average Bonchev–Trinajstić information content (AvgIpc) is 2.55. The van der Waals surface area contributed by atoms with Gasteiger partial charge in [-0.1, -0.05) is 61.8 Å². The largest absolute Gasteiger partial charge is 0.393 e. The first kappa shape index (κ1) is 26.9. The summed E-state index contributed by atoms with van der Waals surface area (Å²) in [6.45, 7) is 27.7. The Hall–Kier alpha value is -0.120. The predicted molar refractivity (Wildman–Crippen MR) is 117 cm³/mol. The van der Waals surface area contributed by atoms with Crippen LogP contribution in [0.25, 0.3) is 0 Å². The van der Waals surface area contributed by atoms with Crippen LogP contribution in [0.2, 0.25) is 0 Å². The Labute approximate surface area is 170 Å². The first-order chi connectivity index (χ1) is 12.0. The summed E-state index contributed by atoms with van der Waals surface area (Å²) in [5.41, 5.74) is -0.806. The molecule has 4 unspecified atom stereocenters. The fourth-order valence-electron chi connectivity index (χ4n) is 3.35. The molecule has 0 fully saturated rings. The molecular weight excluding hydrogens is 336 g/mol. The predicted octanol–water partition coefficient (Wildman–Crippen LogP) is 6.47. The molecule has 0 spiro atoms. The highest BCUT2D eigenvalue weighted by molar-refractivity contribution is 4.94. The van der Waals surface area contributed by atoms with E-state index in [0.717, 1.165) is 13.0 Å². The van der Waals surface area contributed by atoms with Gasteiger partial charge in [-0.05, 0) is 57.8 Å². The first-order valence-corrected chi connectivity index (χ1v) is 11.0. The van der Waals surface area contributed by atoms with E-state index in [1.807, 2.05) is 6.92 Å². The third-order valence-corrected chi connectivity index (χ3v) is 7.62. The summed E-state index contributed by atoms with van der Waals surface area (Å²) >= 11 is 0. The Morgan fingerprint density at radius 2 is 1.30 bits per heavy atom. The van der Waals surface area contributed by atoms with Gasteiger partial charge in [-0.25, -0.2) is 0 Å². The summed E-state index contributed by atoms with van der Waals surface area (Å²) in [6.07, 6.45) is 2.52. The smallest absolute Gasteiger partial charge is 0.0724 e. The first-order valence-electron chi connectivity index (χ1n) is 11.0. The van der Waals surface area contributed by atoms with E-state index in [9.17, 15) is 5.11 Å². The van der Waals surface area contributed by atoms with Crippen molar-refractivity contribution in [3.05, 3.63) is 0 Å². The molecule has 4 atom stereocenters. The van der Waals surface area contributed by atoms with Crippen LogP contribution in [0.3, 0.4) is 0 Å². The second-order valence-corrected chi connectivity index (χ2v) is 10.9. The van der Waals surface area contributed by atoms with Gasteiger partial charge in [0.05, 0.1) is 30.5 Å². The van der Waals surface area contributed by atoms with Gasteiger partial charge in [0.2, 0.25) is 0 Å². The van der Waals surface area contributed by atoms with Crippen LogP contribution in [0, 0.1) is 22.7 Å². The zero-order valence-corrected chi connectivity index (χ0v) is 20.5. The molecule has 0 aromatic carbocycles. The third-order valence-electron chi connectivity index (χ3n) is 7.62. The van der Waals surface area contributed by atoms with Crippen molar-refractivity contribution in [1.82, 2.24) is 0 Å². The molecule has 0 heterocycles. The van der Waals surface area contributed by atoms with Gasteiger partial charge >= 0.3 is 0 Å². The molecule has 164 valence electrons. The molecule has 0 amide bonds. The molecular formula is C24H50O3. The maximum absolute atomic E-state index is 9.86. The molecule has 3 heteroatoms. The van der Waals surface area contributed by atoms with Crippen LogP contribution >= 0.6 is 0 Å². The molecule has 0 aliphatic rings. The van der Waals surface area contributed by atoms with E-state index in [-0.39, 0.29) is 28.1 Å². The van der Waals surface area contributed by atoms with Gasteiger partial charge in [0, 0.05) is 5.41 Å². The van der Waals surface area contributed by atoms with Gasteiger partial charge in [0.25, 0.3) is 0 Å². The Balaban J connectivity index is 5.12. The van der Waals surface area contributed by atoms with Gasteiger partial charge in [0.15, 0.2) is 0 Å². The van der Waals surface area contributed by atoms with Crippen LogP contribution in [0.1, 0.15) is 102 Å². The Bertz CT molecular complexity index is 425. The SMILES string of the molecule is CCC(C)C(C)COC(C)(CC)C(C)(C)COC(C)(C)C(C)(C)CC(C)O. The average molecular weight is 387 g/mol. The highest BCUT2D eigenvalue weighted by Gasteiger charge is 2.45. The van der Waals surface area contributed by atoms with E-state index in [0.29, 0.717) is 24.9 Å². The molecule has 27 heavy (non-hydrogen) atoms. The fourth-order valence-corrected chi connectivity index (χ4v) is 3.35. The number of aliphatic hydroxyl groups excluding tert-OH is 1. The number of hydrogen-bond acceptors (Lipinski definition) is 3. The minimum absolute atomic E-state index is 0.116. The van der Waals surface area contributed by atoms with Crippen LogP contribution in [0.5, 0.6) is 0 Å². The second-order valence-electron chi connectivity index (χ2n) is 10.9. The summed E-state index contributed by atoms with van der Waals surface area (Å²) in [5.74, 6) is 1.23. The van der Waals surface area contributed by atoms with Crippen molar-refractivity contribution in [3.63, 3.8) is 0 Å². The zero-order chi connectivity index (χ0) is 21.7. The normalized spacial score (nSPS) is 19.4. The highest BCUT2D eigenvalue weighted by atomic mass is 16.5. The number of rotatable bonds is 13. The third kappa shape index (κ3) is 7.33. The molecule has 0 radical (unpaired) electrons. The molecule has 0 aliphatic heterocycles. The van der Waals surface area contributed by atoms with E-state index in [1.165, 1.54) is 6.42 Å². The molecule has 0 saturated heterocycles. The molecule has 0 aliphatic carbocycles. The van der Waals surface area contributed by atoms with Crippen molar-refractivity contribution >= 4 is 0 Å². The summed E-state index contributed by atoms with van der Waals surface area (Å²) in [4.78, 5) is 0. The molecule has 3 nitrogen and oxygen atoms in total. The standard InChI is InChI=1S/C24H50O3/c1-13-18(3)19(4)16-26-24(12,14-2)22(8,9)17-27-23(10,11)21(6,7)15-20(5)25/h18-20,25H,13-17H2,1-12H3. The van der Waals surface area contributed by atoms with Crippen molar-refractivity contribution in [2.75, 3.05) is 13.2 Å². The Morgan fingerprint density at radius 3 is 1.70 bits per heavy atom. The molecule has 0 saturated carbocycles. The molecule has 0 bridgehead atoms. The van der Waals surface area contributed by atoms with Crippen molar-refractivity contribution in [1.29, 1.82) is 0 Å². The lowest BCUT2D eigenvalue weighted by Gasteiger charge is -2.48. The van der Waals surface area contributed by atoms with Gasteiger partial charge in [-0.15, -0.1) is 0 Å². The van der Waals surface area contributed by atoms with Crippen LogP contribution in [-0.4, -0.2) is 35.6 Å². The minimum Gasteiger partial charge on any atom is -0.393 e. The minimum atomic E-state index is -0.333. The Morgan fingerprint density at radius 1 is 0.778 bits per heavy atom. The van der Waals surface area contributed by atoms with Crippen molar-refractivity contribution in [2.45, 2.75) is 120 Å². The number of ether oxygens (including phenoxy) is 2. The van der Waals surface area contributed by atoms with E-state index in [2.05, 4.69) is 76.2 Å². The highest BCUT2D eigenvalue weighted by Crippen LogP contribution is 2.43. The van der Waals surface area contributed by atoms with E-state index in [4.69, 9.17) is 9.47 Å². The van der Waals surface area contributed by atoms with E-state index < -0.39 is 0 Å². The molecule has 0 aromatic heterocycles. The summed E-state index contributed by atoms with van der Waals surface area (Å²) < 4.78 is 13.0. The van der Waals surface area contributed by atoms with E-state index in [1.54, 1.807) is 0 Å². The maximum Gasteiger partial charge on any atom is 0.0724 e. The monoisotopic (exact) mass is 386 g/mol. The summed E-state index contributed by atoms with van der Waals surface area (Å²) in [6, 6.07) is 0. The lowest BCUT2D eigenvalue weighted by Crippen LogP contribution is -2.51. The molecule has 1 N–H and O–H groups in total.